The van der Waals surface area contributed by atoms with Crippen molar-refractivity contribution in [1.82, 2.24) is 10.6 Å². The van der Waals surface area contributed by atoms with Gasteiger partial charge in [-0.1, -0.05) is 34.1 Å². The van der Waals surface area contributed by atoms with E-state index in [2.05, 4.69) is 32.6 Å². The first-order valence-electron chi connectivity index (χ1n) is 4.99. The van der Waals surface area contributed by atoms with Crippen LogP contribution in [0.3, 0.4) is 0 Å². The van der Waals surface area contributed by atoms with Gasteiger partial charge in [-0.05, 0) is 11.6 Å². The van der Waals surface area contributed by atoms with Crippen LogP contribution in [0.4, 0.5) is 0 Å². The van der Waals surface area contributed by atoms with Crippen LogP contribution in [0.15, 0.2) is 28.7 Å². The molecule has 1 heterocycles. The van der Waals surface area contributed by atoms with Crippen LogP contribution < -0.4 is 10.6 Å². The largest absolute Gasteiger partial charge is 0.354 e. The third-order valence-corrected chi connectivity index (χ3v) is 3.29. The SMILES string of the molecule is O=C1CC(NCc2ccccc2Br)CN1. The Hall–Kier alpha value is -0.870. The van der Waals surface area contributed by atoms with Crippen molar-refractivity contribution in [3.63, 3.8) is 0 Å². The van der Waals surface area contributed by atoms with E-state index in [0.29, 0.717) is 6.42 Å². The number of hydrogen-bond acceptors (Lipinski definition) is 2. The first-order chi connectivity index (χ1) is 7.25. The van der Waals surface area contributed by atoms with Crippen LogP contribution in [-0.4, -0.2) is 18.5 Å². The number of halogens is 1. The molecule has 1 aromatic rings. The third kappa shape index (κ3) is 2.79. The summed E-state index contributed by atoms with van der Waals surface area (Å²) < 4.78 is 1.11. The van der Waals surface area contributed by atoms with Crippen molar-refractivity contribution in [1.29, 1.82) is 0 Å². The normalized spacial score (nSPS) is 20.3. The zero-order chi connectivity index (χ0) is 10.7. The van der Waals surface area contributed by atoms with Crippen LogP contribution in [0, 0.1) is 0 Å². The molecule has 0 aliphatic carbocycles. The second-order valence-corrected chi connectivity index (χ2v) is 4.53. The molecule has 0 spiro atoms. The van der Waals surface area contributed by atoms with E-state index in [0.717, 1.165) is 17.6 Å². The molecule has 1 atom stereocenters. The van der Waals surface area contributed by atoms with Crippen molar-refractivity contribution < 1.29 is 4.79 Å². The summed E-state index contributed by atoms with van der Waals surface area (Å²) >= 11 is 3.50. The van der Waals surface area contributed by atoms with Gasteiger partial charge in [-0.3, -0.25) is 4.79 Å². The maximum atomic E-state index is 11.0. The molecule has 0 bridgehead atoms. The third-order valence-electron chi connectivity index (χ3n) is 2.52. The van der Waals surface area contributed by atoms with Crippen LogP contribution in [0.25, 0.3) is 0 Å². The number of nitrogens with one attached hydrogen (secondary N) is 2. The molecule has 15 heavy (non-hydrogen) atoms. The Kier molecular flexibility index (Phi) is 3.38. The van der Waals surface area contributed by atoms with Gasteiger partial charge in [0, 0.05) is 30.0 Å². The highest BCUT2D eigenvalue weighted by molar-refractivity contribution is 9.10. The average Bonchev–Trinajstić information content (AvgIpc) is 2.63. The second kappa shape index (κ2) is 4.77. The summed E-state index contributed by atoms with van der Waals surface area (Å²) in [6.07, 6.45) is 0.588. The summed E-state index contributed by atoms with van der Waals surface area (Å²) in [4.78, 5) is 11.0. The Morgan fingerprint density at radius 2 is 2.27 bits per heavy atom. The standard InChI is InChI=1S/C11H13BrN2O/c12-10-4-2-1-3-8(10)6-13-9-5-11(15)14-7-9/h1-4,9,13H,5-7H2,(H,14,15). The predicted octanol–water partition coefficient (Wildman–Crippen LogP) is 1.43. The van der Waals surface area contributed by atoms with Gasteiger partial charge >= 0.3 is 0 Å². The minimum Gasteiger partial charge on any atom is -0.354 e. The highest BCUT2D eigenvalue weighted by Gasteiger charge is 2.20. The van der Waals surface area contributed by atoms with Gasteiger partial charge in [0.15, 0.2) is 0 Å². The number of amides is 1. The molecule has 1 aromatic carbocycles. The van der Waals surface area contributed by atoms with Crippen molar-refractivity contribution in [3.8, 4) is 0 Å². The van der Waals surface area contributed by atoms with Crippen molar-refractivity contribution in [3.05, 3.63) is 34.3 Å². The molecule has 2 N–H and O–H groups in total. The van der Waals surface area contributed by atoms with Crippen molar-refractivity contribution in [2.24, 2.45) is 0 Å². The summed E-state index contributed by atoms with van der Waals surface area (Å²) in [5.41, 5.74) is 1.22. The zero-order valence-electron chi connectivity index (χ0n) is 8.29. The lowest BCUT2D eigenvalue weighted by molar-refractivity contribution is -0.119. The molecule has 4 heteroatoms. The predicted molar refractivity (Wildman–Crippen MR) is 62.4 cm³/mol. The minimum atomic E-state index is 0.139. The van der Waals surface area contributed by atoms with Gasteiger partial charge in [-0.25, -0.2) is 0 Å². The molecule has 3 nitrogen and oxygen atoms in total. The molecule has 0 saturated carbocycles. The molecule has 1 saturated heterocycles. The van der Waals surface area contributed by atoms with Gasteiger partial charge in [0.1, 0.15) is 0 Å². The molecule has 80 valence electrons. The molecule has 1 aliphatic rings. The average molecular weight is 269 g/mol. The topological polar surface area (TPSA) is 41.1 Å². The Bertz CT molecular complexity index is 367. The van der Waals surface area contributed by atoms with Crippen molar-refractivity contribution >= 4 is 21.8 Å². The van der Waals surface area contributed by atoms with E-state index in [1.807, 2.05) is 18.2 Å². The monoisotopic (exact) mass is 268 g/mol. The number of rotatable bonds is 3. The van der Waals surface area contributed by atoms with E-state index in [-0.39, 0.29) is 11.9 Å². The van der Waals surface area contributed by atoms with Crippen molar-refractivity contribution in [2.45, 2.75) is 19.0 Å². The molecule has 1 unspecified atom stereocenters. The Balaban J connectivity index is 1.88. The second-order valence-electron chi connectivity index (χ2n) is 3.68. The van der Waals surface area contributed by atoms with Crippen molar-refractivity contribution in [2.75, 3.05) is 6.54 Å². The Morgan fingerprint density at radius 1 is 1.47 bits per heavy atom. The van der Waals surface area contributed by atoms with E-state index in [9.17, 15) is 4.79 Å². The van der Waals surface area contributed by atoms with E-state index in [1.165, 1.54) is 5.56 Å². The highest BCUT2D eigenvalue weighted by Crippen LogP contribution is 2.15. The molecular formula is C11H13BrN2O. The molecule has 0 aromatic heterocycles. The van der Waals surface area contributed by atoms with Gasteiger partial charge in [-0.15, -0.1) is 0 Å². The Morgan fingerprint density at radius 3 is 2.93 bits per heavy atom. The molecule has 0 radical (unpaired) electrons. The molecule has 2 rings (SSSR count). The zero-order valence-corrected chi connectivity index (χ0v) is 9.88. The lowest BCUT2D eigenvalue weighted by atomic mass is 10.2. The van der Waals surface area contributed by atoms with Crippen LogP contribution in [0.5, 0.6) is 0 Å². The molecule has 1 fully saturated rings. The van der Waals surface area contributed by atoms with Gasteiger partial charge in [0.05, 0.1) is 0 Å². The van der Waals surface area contributed by atoms with Gasteiger partial charge < -0.3 is 10.6 Å². The number of hydrogen-bond donors (Lipinski definition) is 2. The lowest BCUT2D eigenvalue weighted by Crippen LogP contribution is -2.30. The fourth-order valence-corrected chi connectivity index (χ4v) is 2.07. The molecule has 1 amide bonds. The van der Waals surface area contributed by atoms with E-state index in [4.69, 9.17) is 0 Å². The van der Waals surface area contributed by atoms with Crippen LogP contribution in [0.1, 0.15) is 12.0 Å². The van der Waals surface area contributed by atoms with Crippen LogP contribution >= 0.6 is 15.9 Å². The minimum absolute atomic E-state index is 0.139. The fraction of sp³-hybridized carbons (Fsp3) is 0.364. The highest BCUT2D eigenvalue weighted by atomic mass is 79.9. The summed E-state index contributed by atoms with van der Waals surface area (Å²) in [6.45, 7) is 1.53. The fourth-order valence-electron chi connectivity index (χ4n) is 1.65. The van der Waals surface area contributed by atoms with Gasteiger partial charge in [0.2, 0.25) is 5.91 Å². The lowest BCUT2D eigenvalue weighted by Gasteiger charge is -2.11. The first-order valence-corrected chi connectivity index (χ1v) is 5.78. The molecular weight excluding hydrogens is 256 g/mol. The number of carbonyl (C=O) groups is 1. The summed E-state index contributed by atoms with van der Waals surface area (Å²) in [7, 11) is 0. The quantitative estimate of drug-likeness (QED) is 0.871. The maximum Gasteiger partial charge on any atom is 0.221 e. The Labute approximate surface area is 97.4 Å². The van der Waals surface area contributed by atoms with Gasteiger partial charge in [-0.2, -0.15) is 0 Å². The number of benzene rings is 1. The van der Waals surface area contributed by atoms with Gasteiger partial charge in [0.25, 0.3) is 0 Å². The summed E-state index contributed by atoms with van der Waals surface area (Å²) in [5.74, 6) is 0.139. The van der Waals surface area contributed by atoms with E-state index >= 15 is 0 Å². The van der Waals surface area contributed by atoms with Crippen LogP contribution in [0.2, 0.25) is 0 Å². The number of carbonyl (C=O) groups excluding carboxylic acids is 1. The summed E-state index contributed by atoms with van der Waals surface area (Å²) in [6, 6.07) is 8.37. The molecule has 1 aliphatic heterocycles. The van der Waals surface area contributed by atoms with E-state index in [1.54, 1.807) is 0 Å². The van der Waals surface area contributed by atoms with Crippen LogP contribution in [-0.2, 0) is 11.3 Å². The van der Waals surface area contributed by atoms with E-state index < -0.39 is 0 Å². The maximum absolute atomic E-state index is 11.0. The first kappa shape index (κ1) is 10.6. The summed E-state index contributed by atoms with van der Waals surface area (Å²) in [5, 5.41) is 6.16. The smallest absolute Gasteiger partial charge is 0.221 e.